The number of amides is 2. The van der Waals surface area contributed by atoms with Crippen LogP contribution in [-0.4, -0.2) is 18.4 Å². The van der Waals surface area contributed by atoms with Crippen LogP contribution in [0.5, 0.6) is 0 Å². The van der Waals surface area contributed by atoms with E-state index >= 15 is 0 Å². The summed E-state index contributed by atoms with van der Waals surface area (Å²) < 4.78 is 0. The first-order valence-corrected chi connectivity index (χ1v) is 8.71. The molecule has 2 amide bonds. The van der Waals surface area contributed by atoms with Gasteiger partial charge in [0.1, 0.15) is 0 Å². The van der Waals surface area contributed by atoms with Gasteiger partial charge in [-0.1, -0.05) is 72.8 Å². The lowest BCUT2D eigenvalue weighted by molar-refractivity contribution is -0.126. The van der Waals surface area contributed by atoms with E-state index in [0.29, 0.717) is 0 Å². The molecule has 0 aliphatic rings. The van der Waals surface area contributed by atoms with Crippen LogP contribution in [0, 0.1) is 0 Å². The van der Waals surface area contributed by atoms with E-state index in [1.54, 1.807) is 0 Å². The lowest BCUT2D eigenvalue weighted by Gasteiger charge is -2.17. The van der Waals surface area contributed by atoms with E-state index in [1.807, 2.05) is 61.5 Å². The third-order valence-corrected chi connectivity index (χ3v) is 4.32. The Kier molecular flexibility index (Phi) is 5.64. The van der Waals surface area contributed by atoms with Gasteiger partial charge in [0.25, 0.3) is 0 Å². The van der Waals surface area contributed by atoms with Crippen LogP contribution in [0.4, 0.5) is 0 Å². The Hall–Kier alpha value is -3.14. The molecule has 0 bridgehead atoms. The van der Waals surface area contributed by atoms with E-state index in [0.717, 1.165) is 21.9 Å². The third kappa shape index (κ3) is 4.48. The van der Waals surface area contributed by atoms with E-state index in [9.17, 15) is 9.59 Å². The van der Waals surface area contributed by atoms with Gasteiger partial charge >= 0.3 is 0 Å². The summed E-state index contributed by atoms with van der Waals surface area (Å²) >= 11 is 0. The molecule has 4 heteroatoms. The molecule has 0 radical (unpaired) electrons. The van der Waals surface area contributed by atoms with Gasteiger partial charge in [-0.05, 0) is 28.8 Å². The third-order valence-electron chi connectivity index (χ3n) is 4.32. The van der Waals surface area contributed by atoms with E-state index in [1.165, 1.54) is 0 Å². The smallest absolute Gasteiger partial charge is 0.239 e. The number of hydrogen-bond donors (Lipinski definition) is 2. The largest absolute Gasteiger partial charge is 0.348 e. The monoisotopic (exact) mass is 346 g/mol. The predicted octanol–water partition coefficient (Wildman–Crippen LogP) is 3.38. The molecule has 1 atom stereocenters. The minimum absolute atomic E-state index is 0.0270. The van der Waals surface area contributed by atoms with Crippen molar-refractivity contribution in [3.05, 3.63) is 83.9 Å². The van der Waals surface area contributed by atoms with E-state index < -0.39 is 0 Å². The van der Waals surface area contributed by atoms with Crippen molar-refractivity contribution in [3.63, 3.8) is 0 Å². The standard InChI is InChI=1S/C22H22N2O2/c1-16(19-13-7-11-18-10-5-6-12-20(18)19)24-22(26)15-23-21(25)14-17-8-3-2-4-9-17/h2-13,16H,14-15H2,1H3,(H,23,25)(H,24,26)/t16-/m0/s1. The minimum atomic E-state index is -0.202. The van der Waals surface area contributed by atoms with Crippen molar-refractivity contribution in [2.24, 2.45) is 0 Å². The highest BCUT2D eigenvalue weighted by atomic mass is 16.2. The lowest BCUT2D eigenvalue weighted by atomic mass is 10.00. The highest BCUT2D eigenvalue weighted by Crippen LogP contribution is 2.23. The maximum Gasteiger partial charge on any atom is 0.239 e. The van der Waals surface area contributed by atoms with Crippen LogP contribution >= 0.6 is 0 Å². The zero-order valence-corrected chi connectivity index (χ0v) is 14.7. The number of rotatable bonds is 6. The van der Waals surface area contributed by atoms with Crippen molar-refractivity contribution in [1.29, 1.82) is 0 Å². The molecule has 0 saturated heterocycles. The van der Waals surface area contributed by atoms with Crippen LogP contribution in [0.1, 0.15) is 24.1 Å². The molecule has 3 rings (SSSR count). The number of carbonyl (C=O) groups excluding carboxylic acids is 2. The van der Waals surface area contributed by atoms with Crippen molar-refractivity contribution in [1.82, 2.24) is 10.6 Å². The summed E-state index contributed by atoms with van der Waals surface area (Å²) in [5, 5.41) is 7.89. The second kappa shape index (κ2) is 8.30. The van der Waals surface area contributed by atoms with E-state index in [2.05, 4.69) is 28.8 Å². The quantitative estimate of drug-likeness (QED) is 0.719. The number of hydrogen-bond acceptors (Lipinski definition) is 2. The molecule has 0 aliphatic heterocycles. The maximum atomic E-state index is 12.2. The molecule has 2 N–H and O–H groups in total. The van der Waals surface area contributed by atoms with Crippen LogP contribution < -0.4 is 10.6 Å². The average molecular weight is 346 g/mol. The molecule has 3 aromatic rings. The molecule has 0 aromatic heterocycles. The summed E-state index contributed by atoms with van der Waals surface area (Å²) in [4.78, 5) is 24.2. The first-order valence-electron chi connectivity index (χ1n) is 8.71. The van der Waals surface area contributed by atoms with Gasteiger partial charge in [0.05, 0.1) is 19.0 Å². The highest BCUT2D eigenvalue weighted by molar-refractivity contribution is 5.88. The van der Waals surface area contributed by atoms with Crippen molar-refractivity contribution < 1.29 is 9.59 Å². The highest BCUT2D eigenvalue weighted by Gasteiger charge is 2.13. The van der Waals surface area contributed by atoms with Crippen LogP contribution in [-0.2, 0) is 16.0 Å². The topological polar surface area (TPSA) is 58.2 Å². The van der Waals surface area contributed by atoms with Gasteiger partial charge in [0.15, 0.2) is 0 Å². The average Bonchev–Trinajstić information content (AvgIpc) is 2.66. The Morgan fingerprint density at radius 1 is 0.846 bits per heavy atom. The van der Waals surface area contributed by atoms with Crippen molar-refractivity contribution in [2.45, 2.75) is 19.4 Å². The van der Waals surface area contributed by atoms with Gasteiger partial charge in [-0.15, -0.1) is 0 Å². The number of carbonyl (C=O) groups is 2. The van der Waals surface area contributed by atoms with Crippen LogP contribution in [0.3, 0.4) is 0 Å². The fourth-order valence-corrected chi connectivity index (χ4v) is 3.02. The lowest BCUT2D eigenvalue weighted by Crippen LogP contribution is -2.38. The Morgan fingerprint density at radius 3 is 2.35 bits per heavy atom. The molecule has 0 saturated carbocycles. The van der Waals surface area contributed by atoms with Crippen molar-refractivity contribution >= 4 is 22.6 Å². The number of fused-ring (bicyclic) bond motifs is 1. The van der Waals surface area contributed by atoms with Gasteiger partial charge in [-0.2, -0.15) is 0 Å². The summed E-state index contributed by atoms with van der Waals surface area (Å²) in [5.74, 6) is -0.365. The second-order valence-corrected chi connectivity index (χ2v) is 6.30. The Morgan fingerprint density at radius 2 is 1.54 bits per heavy atom. The summed E-state index contributed by atoms with van der Waals surface area (Å²) in [6.45, 7) is 1.92. The normalized spacial score (nSPS) is 11.7. The molecule has 26 heavy (non-hydrogen) atoms. The van der Waals surface area contributed by atoms with Crippen LogP contribution in [0.15, 0.2) is 72.8 Å². The molecule has 0 unspecified atom stereocenters. The van der Waals surface area contributed by atoms with Gasteiger partial charge < -0.3 is 10.6 Å². The predicted molar refractivity (Wildman–Crippen MR) is 104 cm³/mol. The fourth-order valence-electron chi connectivity index (χ4n) is 3.02. The summed E-state index contributed by atoms with van der Waals surface area (Å²) in [5.41, 5.74) is 1.99. The Balaban J connectivity index is 1.55. The number of nitrogens with one attached hydrogen (secondary N) is 2. The minimum Gasteiger partial charge on any atom is -0.348 e. The van der Waals surface area contributed by atoms with E-state index in [4.69, 9.17) is 0 Å². The summed E-state index contributed by atoms with van der Waals surface area (Å²) in [6.07, 6.45) is 0.271. The first-order chi connectivity index (χ1) is 12.6. The molecular weight excluding hydrogens is 324 g/mol. The maximum absolute atomic E-state index is 12.2. The van der Waals surface area contributed by atoms with Gasteiger partial charge in [0, 0.05) is 0 Å². The van der Waals surface area contributed by atoms with Crippen LogP contribution in [0.25, 0.3) is 10.8 Å². The molecular formula is C22H22N2O2. The van der Waals surface area contributed by atoms with Gasteiger partial charge in [-0.25, -0.2) is 0 Å². The first kappa shape index (κ1) is 17.7. The summed E-state index contributed by atoms with van der Waals surface area (Å²) in [7, 11) is 0. The Labute approximate surface area is 153 Å². The van der Waals surface area contributed by atoms with Crippen LogP contribution in [0.2, 0.25) is 0 Å². The molecule has 0 fully saturated rings. The molecule has 0 spiro atoms. The van der Waals surface area contributed by atoms with Crippen molar-refractivity contribution in [3.8, 4) is 0 Å². The second-order valence-electron chi connectivity index (χ2n) is 6.30. The van der Waals surface area contributed by atoms with E-state index in [-0.39, 0.29) is 30.8 Å². The zero-order valence-electron chi connectivity index (χ0n) is 14.7. The Bertz CT molecular complexity index is 901. The molecule has 4 nitrogen and oxygen atoms in total. The van der Waals surface area contributed by atoms with Crippen molar-refractivity contribution in [2.75, 3.05) is 6.54 Å². The zero-order chi connectivity index (χ0) is 18.4. The molecule has 0 aliphatic carbocycles. The van der Waals surface area contributed by atoms with Gasteiger partial charge in [-0.3, -0.25) is 9.59 Å². The molecule has 0 heterocycles. The molecule has 3 aromatic carbocycles. The van der Waals surface area contributed by atoms with Gasteiger partial charge in [0.2, 0.25) is 11.8 Å². The summed E-state index contributed by atoms with van der Waals surface area (Å²) in [6, 6.07) is 23.5. The molecule has 132 valence electrons. The SMILES string of the molecule is C[C@H](NC(=O)CNC(=O)Cc1ccccc1)c1cccc2ccccc12. The number of benzene rings is 3. The fraction of sp³-hybridized carbons (Fsp3) is 0.182.